The Hall–Kier alpha value is -3.12. The number of amides is 1. The maximum absolute atomic E-state index is 12.1. The highest BCUT2D eigenvalue weighted by Crippen LogP contribution is 2.33. The van der Waals surface area contributed by atoms with Crippen LogP contribution in [0.5, 0.6) is 0 Å². The molecule has 0 bridgehead atoms. The fourth-order valence-electron chi connectivity index (χ4n) is 3.10. The Balaban J connectivity index is 2.11. The second kappa shape index (κ2) is 8.27. The summed E-state index contributed by atoms with van der Waals surface area (Å²) in [4.78, 5) is 13.4. The van der Waals surface area contributed by atoms with Crippen LogP contribution >= 0.6 is 0 Å². The number of benzene rings is 3. The van der Waals surface area contributed by atoms with Gasteiger partial charge in [-0.2, -0.15) is 0 Å². The molecular weight excluding hydrogens is 374 g/mol. The summed E-state index contributed by atoms with van der Waals surface area (Å²) in [5, 5.41) is 12.1. The molecular formula is C22H20NO4S-. The summed E-state index contributed by atoms with van der Waals surface area (Å²) in [6, 6.07) is 23.7. The van der Waals surface area contributed by atoms with Crippen LogP contribution in [0.2, 0.25) is 0 Å². The molecule has 0 aliphatic carbocycles. The number of nitrogens with zero attached hydrogens (tertiary/aromatic N) is 1. The third-order valence-corrected chi connectivity index (χ3v) is 6.29. The van der Waals surface area contributed by atoms with E-state index < -0.39 is 22.0 Å². The normalized spacial score (nSPS) is 11.4. The van der Waals surface area contributed by atoms with Gasteiger partial charge in [-0.3, -0.25) is 0 Å². The minimum Gasteiger partial charge on any atom is -0.530 e. The Morgan fingerprint density at radius 1 is 0.857 bits per heavy atom. The first-order valence-electron chi connectivity index (χ1n) is 8.87. The number of rotatable bonds is 6. The standard InChI is InChI=1S/C22H21NO4S/c1-2-28(26,27)20-15-13-19(14-16-20)23(22(24)25)21(17-9-5-3-6-10-17)18-11-7-4-8-12-18/h3-16,21H,2H2,1H3,(H,24,25)/p-1. The van der Waals surface area contributed by atoms with Crippen molar-refractivity contribution in [3.8, 4) is 0 Å². The summed E-state index contributed by atoms with van der Waals surface area (Å²) < 4.78 is 24.1. The lowest BCUT2D eigenvalue weighted by Crippen LogP contribution is -2.44. The second-order valence-corrected chi connectivity index (χ2v) is 8.54. The van der Waals surface area contributed by atoms with Gasteiger partial charge < -0.3 is 14.8 Å². The molecule has 0 N–H and O–H groups in total. The van der Waals surface area contributed by atoms with Crippen LogP contribution in [0.4, 0.5) is 10.5 Å². The number of hydrogen-bond donors (Lipinski definition) is 0. The lowest BCUT2D eigenvalue weighted by Gasteiger charge is -2.35. The van der Waals surface area contributed by atoms with Gasteiger partial charge in [0.25, 0.3) is 0 Å². The van der Waals surface area contributed by atoms with Crippen molar-refractivity contribution < 1.29 is 18.3 Å². The molecule has 0 aliphatic rings. The first-order valence-corrected chi connectivity index (χ1v) is 10.5. The molecule has 28 heavy (non-hydrogen) atoms. The molecule has 3 rings (SSSR count). The molecule has 0 saturated heterocycles. The largest absolute Gasteiger partial charge is 0.530 e. The van der Waals surface area contributed by atoms with Gasteiger partial charge in [0.1, 0.15) is 6.09 Å². The number of carbonyl (C=O) groups is 1. The summed E-state index contributed by atoms with van der Waals surface area (Å²) in [5.74, 6) is -0.0206. The predicted octanol–water partition coefficient (Wildman–Crippen LogP) is 3.42. The van der Waals surface area contributed by atoms with E-state index in [9.17, 15) is 18.3 Å². The van der Waals surface area contributed by atoms with E-state index in [0.29, 0.717) is 5.69 Å². The topological polar surface area (TPSA) is 77.5 Å². The van der Waals surface area contributed by atoms with Crippen LogP contribution in [-0.2, 0) is 9.84 Å². The van der Waals surface area contributed by atoms with Crippen molar-refractivity contribution >= 4 is 21.6 Å². The number of carbonyl (C=O) groups excluding carboxylic acids is 1. The SMILES string of the molecule is CCS(=O)(=O)c1ccc(N(C(=O)[O-])C(c2ccccc2)c2ccccc2)cc1. The summed E-state index contributed by atoms with van der Waals surface area (Å²) in [7, 11) is -3.37. The number of carboxylic acid groups (broad SMARTS) is 1. The van der Waals surface area contributed by atoms with E-state index in [1.807, 2.05) is 60.7 Å². The summed E-state index contributed by atoms with van der Waals surface area (Å²) in [5.41, 5.74) is 1.90. The average molecular weight is 394 g/mol. The highest BCUT2D eigenvalue weighted by Gasteiger charge is 2.24. The van der Waals surface area contributed by atoms with Crippen LogP contribution in [0.1, 0.15) is 24.1 Å². The van der Waals surface area contributed by atoms with E-state index >= 15 is 0 Å². The Morgan fingerprint density at radius 3 is 1.71 bits per heavy atom. The molecule has 3 aromatic carbocycles. The van der Waals surface area contributed by atoms with Crippen molar-refractivity contribution in [2.45, 2.75) is 17.9 Å². The zero-order valence-electron chi connectivity index (χ0n) is 15.4. The van der Waals surface area contributed by atoms with Gasteiger partial charge >= 0.3 is 0 Å². The van der Waals surface area contributed by atoms with Crippen LogP contribution in [-0.4, -0.2) is 20.3 Å². The average Bonchev–Trinajstić information content (AvgIpc) is 2.73. The van der Waals surface area contributed by atoms with Gasteiger partial charge in [-0.1, -0.05) is 67.6 Å². The Labute approximate surface area is 164 Å². The molecule has 0 spiro atoms. The van der Waals surface area contributed by atoms with Gasteiger partial charge in [0.05, 0.1) is 16.7 Å². The Morgan fingerprint density at radius 2 is 1.32 bits per heavy atom. The van der Waals surface area contributed by atoms with Crippen LogP contribution in [0, 0.1) is 0 Å². The number of hydrogen-bond acceptors (Lipinski definition) is 4. The quantitative estimate of drug-likeness (QED) is 0.642. The molecule has 0 fully saturated rings. The smallest absolute Gasteiger partial charge is 0.178 e. The predicted molar refractivity (Wildman–Crippen MR) is 107 cm³/mol. The van der Waals surface area contributed by atoms with Crippen molar-refractivity contribution in [2.75, 3.05) is 10.7 Å². The molecule has 0 radical (unpaired) electrons. The van der Waals surface area contributed by atoms with Crippen LogP contribution in [0.15, 0.2) is 89.8 Å². The summed E-state index contributed by atoms with van der Waals surface area (Å²) in [6.07, 6.45) is -1.37. The van der Waals surface area contributed by atoms with E-state index in [1.54, 1.807) is 6.92 Å². The van der Waals surface area contributed by atoms with Gasteiger partial charge in [0.2, 0.25) is 0 Å². The molecule has 0 heterocycles. The molecule has 0 atom stereocenters. The molecule has 0 aliphatic heterocycles. The van der Waals surface area contributed by atoms with E-state index in [-0.39, 0.29) is 10.6 Å². The molecule has 6 heteroatoms. The minimum atomic E-state index is -3.37. The Kier molecular flexibility index (Phi) is 5.80. The molecule has 0 unspecified atom stereocenters. The third kappa shape index (κ3) is 4.07. The van der Waals surface area contributed by atoms with Crippen molar-refractivity contribution in [3.63, 3.8) is 0 Å². The molecule has 5 nitrogen and oxygen atoms in total. The Bertz CT molecular complexity index is 993. The first-order chi connectivity index (χ1) is 13.4. The maximum atomic E-state index is 12.1. The van der Waals surface area contributed by atoms with Crippen LogP contribution in [0.3, 0.4) is 0 Å². The third-order valence-electron chi connectivity index (χ3n) is 4.54. The molecule has 144 valence electrons. The lowest BCUT2D eigenvalue weighted by molar-refractivity contribution is -0.247. The van der Waals surface area contributed by atoms with Crippen molar-refractivity contribution in [1.29, 1.82) is 0 Å². The zero-order chi connectivity index (χ0) is 20.1. The van der Waals surface area contributed by atoms with Crippen LogP contribution < -0.4 is 10.0 Å². The fourth-order valence-corrected chi connectivity index (χ4v) is 3.99. The maximum Gasteiger partial charge on any atom is 0.178 e. The molecule has 0 aromatic heterocycles. The second-order valence-electron chi connectivity index (χ2n) is 6.26. The molecule has 0 saturated carbocycles. The van der Waals surface area contributed by atoms with Gasteiger partial charge in [0, 0.05) is 5.69 Å². The summed E-state index contributed by atoms with van der Waals surface area (Å²) in [6.45, 7) is 1.57. The number of anilines is 1. The fraction of sp³-hybridized carbons (Fsp3) is 0.136. The van der Waals surface area contributed by atoms with Crippen LogP contribution in [0.25, 0.3) is 0 Å². The van der Waals surface area contributed by atoms with Gasteiger partial charge in [-0.05, 0) is 35.4 Å². The zero-order valence-corrected chi connectivity index (χ0v) is 16.2. The minimum absolute atomic E-state index is 0.0206. The van der Waals surface area contributed by atoms with Gasteiger partial charge in [0.15, 0.2) is 9.84 Å². The lowest BCUT2D eigenvalue weighted by atomic mass is 9.97. The van der Waals surface area contributed by atoms with Crippen molar-refractivity contribution in [3.05, 3.63) is 96.1 Å². The van der Waals surface area contributed by atoms with E-state index in [4.69, 9.17) is 0 Å². The van der Waals surface area contributed by atoms with E-state index in [1.165, 1.54) is 24.3 Å². The van der Waals surface area contributed by atoms with Crippen molar-refractivity contribution in [2.24, 2.45) is 0 Å². The van der Waals surface area contributed by atoms with Gasteiger partial charge in [-0.25, -0.2) is 8.42 Å². The van der Waals surface area contributed by atoms with E-state index in [2.05, 4.69) is 0 Å². The highest BCUT2D eigenvalue weighted by atomic mass is 32.2. The first kappa shape index (κ1) is 19.6. The molecule has 1 amide bonds. The van der Waals surface area contributed by atoms with E-state index in [0.717, 1.165) is 16.0 Å². The summed E-state index contributed by atoms with van der Waals surface area (Å²) >= 11 is 0. The number of sulfone groups is 1. The monoisotopic (exact) mass is 394 g/mol. The van der Waals surface area contributed by atoms with Crippen molar-refractivity contribution in [1.82, 2.24) is 0 Å². The highest BCUT2D eigenvalue weighted by molar-refractivity contribution is 7.91. The van der Waals surface area contributed by atoms with Gasteiger partial charge in [-0.15, -0.1) is 0 Å². The molecule has 3 aromatic rings.